The van der Waals surface area contributed by atoms with Gasteiger partial charge in [-0.3, -0.25) is 0 Å². The van der Waals surface area contributed by atoms with Gasteiger partial charge in [0.2, 0.25) is 0 Å². The summed E-state index contributed by atoms with van der Waals surface area (Å²) in [6.45, 7) is 0. The number of rotatable bonds is 7. The first-order chi connectivity index (χ1) is 38.7. The molecule has 0 unspecified atom stereocenters. The maximum atomic E-state index is 7.14. The monoisotopic (exact) mass is 990 g/mol. The molecule has 2 heteroatoms. The van der Waals surface area contributed by atoms with Gasteiger partial charge < -0.3 is 8.83 Å². The Morgan fingerprint density at radius 3 is 0.795 bits per heavy atom. The van der Waals surface area contributed by atoms with Gasteiger partial charge in [0, 0.05) is 32.7 Å². The maximum absolute atomic E-state index is 7.14. The Bertz CT molecular complexity index is 4760. The number of hydrogen-bond donors (Lipinski definition) is 0. The molecule has 0 saturated carbocycles. The van der Waals surface area contributed by atoms with Gasteiger partial charge in [-0.15, -0.1) is 0 Å². The van der Waals surface area contributed by atoms with Crippen molar-refractivity contribution in [2.45, 2.75) is 0 Å². The molecule has 16 aromatic rings. The Kier molecular flexibility index (Phi) is 9.98. The normalized spacial score (nSPS) is 11.8. The number of furan rings is 2. The van der Waals surface area contributed by atoms with E-state index in [-0.39, 0.29) is 0 Å². The topological polar surface area (TPSA) is 26.3 Å². The van der Waals surface area contributed by atoms with Crippen LogP contribution in [0.25, 0.3) is 165 Å². The molecule has 16 rings (SSSR count). The van der Waals surface area contributed by atoms with E-state index in [4.69, 9.17) is 8.83 Å². The summed E-state index contributed by atoms with van der Waals surface area (Å²) >= 11 is 0. The van der Waals surface area contributed by atoms with Gasteiger partial charge in [-0.25, -0.2) is 0 Å². The van der Waals surface area contributed by atoms with Crippen LogP contribution < -0.4 is 0 Å². The van der Waals surface area contributed by atoms with Crippen LogP contribution in [-0.2, 0) is 0 Å². The molecule has 2 aromatic heterocycles. The highest BCUT2D eigenvalue weighted by Gasteiger charge is 2.24. The Morgan fingerprint density at radius 2 is 0.436 bits per heavy atom. The highest BCUT2D eigenvalue weighted by Crippen LogP contribution is 2.49. The molecule has 0 bridgehead atoms. The van der Waals surface area contributed by atoms with Crippen molar-refractivity contribution in [3.05, 3.63) is 279 Å². The molecular formula is C76H46O2. The van der Waals surface area contributed by atoms with E-state index in [1.807, 2.05) is 0 Å². The first kappa shape index (κ1) is 44.1. The van der Waals surface area contributed by atoms with Crippen LogP contribution in [0.3, 0.4) is 0 Å². The van der Waals surface area contributed by atoms with Gasteiger partial charge in [-0.1, -0.05) is 231 Å². The minimum atomic E-state index is 0.851. The zero-order chi connectivity index (χ0) is 51.3. The molecule has 0 spiro atoms. The average Bonchev–Trinajstić information content (AvgIpc) is 4.29. The van der Waals surface area contributed by atoms with Crippen molar-refractivity contribution in [3.8, 4) is 77.9 Å². The van der Waals surface area contributed by atoms with Crippen LogP contribution in [0, 0.1) is 0 Å². The van der Waals surface area contributed by atoms with E-state index >= 15 is 0 Å². The molecule has 0 saturated heterocycles. The molecule has 78 heavy (non-hydrogen) atoms. The average molecular weight is 991 g/mol. The van der Waals surface area contributed by atoms with E-state index < -0.39 is 0 Å². The van der Waals surface area contributed by atoms with Crippen LogP contribution in [0.15, 0.2) is 288 Å². The van der Waals surface area contributed by atoms with Crippen molar-refractivity contribution in [2.75, 3.05) is 0 Å². The number of hydrogen-bond acceptors (Lipinski definition) is 2. The Hall–Kier alpha value is -10.3. The second-order valence-electron chi connectivity index (χ2n) is 20.6. The van der Waals surface area contributed by atoms with Crippen molar-refractivity contribution >= 4 is 87.0 Å². The van der Waals surface area contributed by atoms with Crippen molar-refractivity contribution in [1.29, 1.82) is 0 Å². The van der Waals surface area contributed by atoms with E-state index in [0.717, 1.165) is 99.5 Å². The van der Waals surface area contributed by atoms with Crippen molar-refractivity contribution < 1.29 is 8.83 Å². The molecule has 0 aliphatic heterocycles. The summed E-state index contributed by atoms with van der Waals surface area (Å²) in [5.41, 5.74) is 19.1. The summed E-state index contributed by atoms with van der Waals surface area (Å²) in [7, 11) is 0. The van der Waals surface area contributed by atoms with Crippen LogP contribution in [0.2, 0.25) is 0 Å². The SMILES string of the molecule is c1ccc(-c2cc(-c3cccc4ccccc34)cc3c2oc2ccc(-c4cccc5ccccc45)cc23)c(-c2ccccc2-c2cc(-c3cccc4ccccc34)cc3c2oc2ccc(-c4cccc5ccccc45)cc23)c1. The molecule has 0 aliphatic rings. The molecule has 0 aliphatic carbocycles. The van der Waals surface area contributed by atoms with Crippen LogP contribution >= 0.6 is 0 Å². The zero-order valence-electron chi connectivity index (χ0n) is 42.4. The quantitative estimate of drug-likeness (QED) is 0.159. The maximum Gasteiger partial charge on any atom is 0.143 e. The minimum Gasteiger partial charge on any atom is -0.455 e. The molecule has 0 atom stereocenters. The minimum absolute atomic E-state index is 0.851. The highest BCUT2D eigenvalue weighted by molar-refractivity contribution is 6.17. The second-order valence-corrected chi connectivity index (χ2v) is 20.6. The fraction of sp³-hybridized carbons (Fsp3) is 0. The predicted octanol–water partition coefficient (Wildman–Crippen LogP) is 21.8. The molecule has 362 valence electrons. The van der Waals surface area contributed by atoms with Crippen molar-refractivity contribution in [1.82, 2.24) is 0 Å². The largest absolute Gasteiger partial charge is 0.455 e. The van der Waals surface area contributed by atoms with Crippen LogP contribution in [0.1, 0.15) is 0 Å². The highest BCUT2D eigenvalue weighted by atomic mass is 16.3. The first-order valence-corrected chi connectivity index (χ1v) is 26.8. The molecule has 2 heterocycles. The lowest BCUT2D eigenvalue weighted by Crippen LogP contribution is -1.92. The first-order valence-electron chi connectivity index (χ1n) is 26.8. The standard InChI is InChI=1S/C76H46O2/c1-5-25-55-47(17-1)21-13-33-59(55)51-37-39-73-67(41-51)71-45-53(61-35-15-23-49-19-3-7-27-57(49)61)43-69(75(71)77-73)65-31-11-9-29-63(65)64-30-10-12-32-66(64)70-44-54(62-36-16-24-50-20-4-8-28-58(50)62)46-72-68-42-52(38-40-74(68)78-76(70)72)60-34-14-22-48-18-2-6-26-56(48)60/h1-46H. The summed E-state index contributed by atoms with van der Waals surface area (Å²) in [5.74, 6) is 0. The summed E-state index contributed by atoms with van der Waals surface area (Å²) in [6, 6.07) is 102. The Balaban J connectivity index is 0.940. The van der Waals surface area contributed by atoms with Gasteiger partial charge in [-0.2, -0.15) is 0 Å². The van der Waals surface area contributed by atoms with Crippen LogP contribution in [0.5, 0.6) is 0 Å². The van der Waals surface area contributed by atoms with Gasteiger partial charge in [0.1, 0.15) is 22.3 Å². The van der Waals surface area contributed by atoms with Gasteiger partial charge >= 0.3 is 0 Å². The lowest BCUT2D eigenvalue weighted by atomic mass is 9.86. The van der Waals surface area contributed by atoms with E-state index in [0.29, 0.717) is 0 Å². The smallest absolute Gasteiger partial charge is 0.143 e. The fourth-order valence-corrected chi connectivity index (χ4v) is 12.6. The number of fused-ring (bicyclic) bond motifs is 10. The predicted molar refractivity (Wildman–Crippen MR) is 329 cm³/mol. The number of benzene rings is 14. The second kappa shape index (κ2) is 17.7. The van der Waals surface area contributed by atoms with E-state index in [2.05, 4.69) is 279 Å². The third kappa shape index (κ3) is 7.04. The van der Waals surface area contributed by atoms with Gasteiger partial charge in [0.05, 0.1) is 0 Å². The molecule has 14 aromatic carbocycles. The van der Waals surface area contributed by atoms with Gasteiger partial charge in [0.15, 0.2) is 0 Å². The lowest BCUT2D eigenvalue weighted by Gasteiger charge is -2.17. The van der Waals surface area contributed by atoms with Crippen LogP contribution in [0.4, 0.5) is 0 Å². The molecule has 0 amide bonds. The molecule has 0 N–H and O–H groups in total. The van der Waals surface area contributed by atoms with Crippen molar-refractivity contribution in [2.24, 2.45) is 0 Å². The van der Waals surface area contributed by atoms with Crippen molar-refractivity contribution in [3.63, 3.8) is 0 Å². The van der Waals surface area contributed by atoms with E-state index in [9.17, 15) is 0 Å². The third-order valence-electron chi connectivity index (χ3n) is 16.3. The molecule has 2 nitrogen and oxygen atoms in total. The van der Waals surface area contributed by atoms with E-state index in [1.54, 1.807) is 0 Å². The summed E-state index contributed by atoms with van der Waals surface area (Å²) < 4.78 is 14.3. The summed E-state index contributed by atoms with van der Waals surface area (Å²) in [4.78, 5) is 0. The van der Waals surface area contributed by atoms with E-state index in [1.165, 1.54) is 65.3 Å². The molecule has 0 fully saturated rings. The molecule has 0 radical (unpaired) electrons. The van der Waals surface area contributed by atoms with Gasteiger partial charge in [-0.05, 0) is 158 Å². The van der Waals surface area contributed by atoms with Crippen LogP contribution in [-0.4, -0.2) is 0 Å². The zero-order valence-corrected chi connectivity index (χ0v) is 42.4. The van der Waals surface area contributed by atoms with Gasteiger partial charge in [0.25, 0.3) is 0 Å². The summed E-state index contributed by atoms with van der Waals surface area (Å²) in [5, 5.41) is 14.0. The Labute approximate surface area is 450 Å². The summed E-state index contributed by atoms with van der Waals surface area (Å²) in [6.07, 6.45) is 0. The Morgan fingerprint density at radius 1 is 0.167 bits per heavy atom. The fourth-order valence-electron chi connectivity index (χ4n) is 12.6. The third-order valence-corrected chi connectivity index (χ3v) is 16.3. The lowest BCUT2D eigenvalue weighted by molar-refractivity contribution is 0.669. The molecular weight excluding hydrogens is 945 g/mol.